The lowest BCUT2D eigenvalue weighted by Gasteiger charge is -2.06. The zero-order valence-electron chi connectivity index (χ0n) is 12.7. The van der Waals surface area contributed by atoms with E-state index in [0.29, 0.717) is 21.4 Å². The van der Waals surface area contributed by atoms with E-state index in [-0.39, 0.29) is 5.97 Å². The van der Waals surface area contributed by atoms with E-state index in [0.717, 1.165) is 16.7 Å². The molecule has 0 spiro atoms. The third kappa shape index (κ3) is 3.34. The summed E-state index contributed by atoms with van der Waals surface area (Å²) in [6.07, 6.45) is 3.45. The number of benzene rings is 2. The van der Waals surface area contributed by atoms with Crippen LogP contribution < -0.4 is 0 Å². The van der Waals surface area contributed by atoms with Crippen molar-refractivity contribution in [3.63, 3.8) is 0 Å². The smallest absolute Gasteiger partial charge is 0.343 e. The summed E-state index contributed by atoms with van der Waals surface area (Å²) in [5.41, 5.74) is 4.33. The molecule has 0 bridgehead atoms. The van der Waals surface area contributed by atoms with Crippen LogP contribution in [0.2, 0.25) is 10.0 Å². The van der Waals surface area contributed by atoms with Crippen molar-refractivity contribution in [2.24, 2.45) is 0 Å². The van der Waals surface area contributed by atoms with E-state index in [1.807, 2.05) is 26.0 Å². The highest BCUT2D eigenvalue weighted by Gasteiger charge is 2.23. The number of hydrogen-bond donors (Lipinski definition) is 0. The van der Waals surface area contributed by atoms with Gasteiger partial charge in [0.25, 0.3) is 0 Å². The van der Waals surface area contributed by atoms with Crippen LogP contribution in [0, 0.1) is 13.8 Å². The number of halogens is 2. The first-order valence-corrected chi connectivity index (χ1v) is 7.88. The van der Waals surface area contributed by atoms with E-state index in [4.69, 9.17) is 27.9 Å². The minimum Gasteiger partial charge on any atom is -0.422 e. The van der Waals surface area contributed by atoms with Crippen molar-refractivity contribution in [2.45, 2.75) is 13.8 Å². The van der Waals surface area contributed by atoms with Gasteiger partial charge in [0.2, 0.25) is 0 Å². The molecule has 3 rings (SSSR count). The van der Waals surface area contributed by atoms with Gasteiger partial charge in [0.1, 0.15) is 5.76 Å². The van der Waals surface area contributed by atoms with Gasteiger partial charge in [0.05, 0.1) is 5.57 Å². The van der Waals surface area contributed by atoms with E-state index in [1.165, 1.54) is 5.56 Å². The Bertz CT molecular complexity index is 864. The fraction of sp³-hybridized carbons (Fsp3) is 0.105. The number of hydrogen-bond acceptors (Lipinski definition) is 2. The Labute approximate surface area is 145 Å². The molecule has 0 atom stereocenters. The zero-order valence-corrected chi connectivity index (χ0v) is 14.2. The zero-order chi connectivity index (χ0) is 16.6. The van der Waals surface area contributed by atoms with E-state index >= 15 is 0 Å². The van der Waals surface area contributed by atoms with E-state index in [1.54, 1.807) is 30.4 Å². The van der Waals surface area contributed by atoms with Gasteiger partial charge in [0.15, 0.2) is 0 Å². The lowest BCUT2D eigenvalue weighted by Crippen LogP contribution is -1.98. The summed E-state index contributed by atoms with van der Waals surface area (Å²) in [6, 6.07) is 11.2. The second kappa shape index (κ2) is 6.23. The summed E-state index contributed by atoms with van der Waals surface area (Å²) in [5, 5.41) is 1.05. The van der Waals surface area contributed by atoms with Crippen LogP contribution in [-0.2, 0) is 9.53 Å². The van der Waals surface area contributed by atoms with Gasteiger partial charge in [-0.15, -0.1) is 0 Å². The van der Waals surface area contributed by atoms with Gasteiger partial charge in [-0.1, -0.05) is 53.0 Å². The van der Waals surface area contributed by atoms with E-state index in [2.05, 4.69) is 6.07 Å². The third-order valence-electron chi connectivity index (χ3n) is 3.65. The molecule has 1 heterocycles. The minimum atomic E-state index is -0.383. The van der Waals surface area contributed by atoms with Gasteiger partial charge in [-0.05, 0) is 49.3 Å². The van der Waals surface area contributed by atoms with Crippen molar-refractivity contribution in [1.29, 1.82) is 0 Å². The second-order valence-corrected chi connectivity index (χ2v) is 6.33. The van der Waals surface area contributed by atoms with Crippen LogP contribution in [0.4, 0.5) is 0 Å². The average molecular weight is 345 g/mol. The molecule has 0 saturated carbocycles. The summed E-state index contributed by atoms with van der Waals surface area (Å²) in [4.78, 5) is 12.1. The number of carbonyl (C=O) groups excluding carboxylic acids is 1. The van der Waals surface area contributed by atoms with Crippen molar-refractivity contribution in [2.75, 3.05) is 0 Å². The first-order valence-electron chi connectivity index (χ1n) is 7.12. The van der Waals surface area contributed by atoms with Crippen LogP contribution in [0.3, 0.4) is 0 Å². The lowest BCUT2D eigenvalue weighted by atomic mass is 10.0. The van der Waals surface area contributed by atoms with Crippen LogP contribution >= 0.6 is 23.2 Å². The van der Waals surface area contributed by atoms with Gasteiger partial charge in [-0.3, -0.25) is 0 Å². The van der Waals surface area contributed by atoms with Gasteiger partial charge < -0.3 is 4.74 Å². The highest BCUT2D eigenvalue weighted by Crippen LogP contribution is 2.31. The number of rotatable bonds is 2. The number of ether oxygens (including phenoxy) is 1. The van der Waals surface area contributed by atoms with Crippen LogP contribution in [0.1, 0.15) is 22.3 Å². The molecule has 23 heavy (non-hydrogen) atoms. The van der Waals surface area contributed by atoms with Crippen molar-refractivity contribution in [3.8, 4) is 0 Å². The Hall–Kier alpha value is -2.03. The normalized spacial score (nSPS) is 15.7. The lowest BCUT2D eigenvalue weighted by molar-refractivity contribution is -0.130. The maximum atomic E-state index is 12.1. The van der Waals surface area contributed by atoms with Gasteiger partial charge >= 0.3 is 5.97 Å². The molecule has 0 aromatic heterocycles. The highest BCUT2D eigenvalue weighted by molar-refractivity contribution is 6.35. The maximum Gasteiger partial charge on any atom is 0.343 e. The Morgan fingerprint density at radius 3 is 2.52 bits per heavy atom. The Morgan fingerprint density at radius 2 is 1.83 bits per heavy atom. The molecule has 2 aromatic rings. The molecule has 2 aromatic carbocycles. The molecule has 0 amide bonds. The average Bonchev–Trinajstić information content (AvgIpc) is 2.83. The predicted molar refractivity (Wildman–Crippen MR) is 94.4 cm³/mol. The van der Waals surface area contributed by atoms with E-state index < -0.39 is 0 Å². The third-order valence-corrected chi connectivity index (χ3v) is 4.21. The first-order chi connectivity index (χ1) is 10.9. The monoisotopic (exact) mass is 344 g/mol. The fourth-order valence-corrected chi connectivity index (χ4v) is 2.96. The van der Waals surface area contributed by atoms with Crippen LogP contribution in [0.5, 0.6) is 0 Å². The van der Waals surface area contributed by atoms with Crippen LogP contribution in [-0.4, -0.2) is 5.97 Å². The molecule has 1 aliphatic heterocycles. The van der Waals surface area contributed by atoms with Gasteiger partial charge in [0, 0.05) is 15.6 Å². The summed E-state index contributed by atoms with van der Waals surface area (Å²) >= 11 is 12.0. The molecule has 2 nitrogen and oxygen atoms in total. The maximum absolute atomic E-state index is 12.1. The van der Waals surface area contributed by atoms with Gasteiger partial charge in [-0.25, -0.2) is 4.79 Å². The summed E-state index contributed by atoms with van der Waals surface area (Å²) in [5.74, 6) is 0.176. The summed E-state index contributed by atoms with van der Waals surface area (Å²) in [7, 11) is 0. The molecule has 0 N–H and O–H groups in total. The fourth-order valence-electron chi connectivity index (χ4n) is 2.50. The molecule has 1 aliphatic rings. The SMILES string of the molecule is Cc1ccc(C2=CC(=Cc3ccc(Cl)cc3Cl)C(=O)O2)c(C)c1. The first kappa shape index (κ1) is 15.9. The standard InChI is InChI=1S/C19H14Cl2O2/c1-11-3-6-16(12(2)7-11)18-9-14(19(22)23-18)8-13-4-5-15(20)10-17(13)21/h3-10H,1-2H3. The molecule has 0 fully saturated rings. The minimum absolute atomic E-state index is 0.383. The van der Waals surface area contributed by atoms with Crippen LogP contribution in [0.15, 0.2) is 48.0 Å². The number of esters is 1. The number of carbonyl (C=O) groups is 1. The number of aryl methyl sites for hydroxylation is 2. The van der Waals surface area contributed by atoms with Gasteiger partial charge in [-0.2, -0.15) is 0 Å². The Morgan fingerprint density at radius 1 is 1.04 bits per heavy atom. The van der Waals surface area contributed by atoms with Crippen molar-refractivity contribution < 1.29 is 9.53 Å². The predicted octanol–water partition coefficient (Wildman–Crippen LogP) is 5.59. The Balaban J connectivity index is 1.99. The number of cyclic esters (lactones) is 1. The highest BCUT2D eigenvalue weighted by atomic mass is 35.5. The topological polar surface area (TPSA) is 26.3 Å². The molecule has 0 unspecified atom stereocenters. The largest absolute Gasteiger partial charge is 0.422 e. The molecule has 4 heteroatoms. The van der Waals surface area contributed by atoms with Crippen molar-refractivity contribution in [1.82, 2.24) is 0 Å². The molecule has 116 valence electrons. The Kier molecular flexibility index (Phi) is 4.29. The second-order valence-electron chi connectivity index (χ2n) is 5.48. The van der Waals surface area contributed by atoms with Crippen molar-refractivity contribution in [3.05, 3.63) is 80.3 Å². The molecular formula is C19H14Cl2O2. The quantitative estimate of drug-likeness (QED) is 0.524. The summed E-state index contributed by atoms with van der Waals surface area (Å²) in [6.45, 7) is 4.02. The van der Waals surface area contributed by atoms with Crippen molar-refractivity contribution >= 4 is 41.0 Å². The molecule has 0 radical (unpaired) electrons. The molecule has 0 saturated heterocycles. The van der Waals surface area contributed by atoms with Crippen LogP contribution in [0.25, 0.3) is 11.8 Å². The molecule has 0 aliphatic carbocycles. The molecular weight excluding hydrogens is 331 g/mol. The van der Waals surface area contributed by atoms with E-state index in [9.17, 15) is 4.79 Å². The summed E-state index contributed by atoms with van der Waals surface area (Å²) < 4.78 is 5.40.